The van der Waals surface area contributed by atoms with E-state index in [-0.39, 0.29) is 0 Å². The monoisotopic (exact) mass is 229 g/mol. The van der Waals surface area contributed by atoms with Crippen LogP contribution in [0.3, 0.4) is 0 Å². The molecule has 1 heterocycles. The van der Waals surface area contributed by atoms with Crippen LogP contribution in [0.15, 0.2) is 0 Å². The predicted octanol–water partition coefficient (Wildman–Crippen LogP) is 2.21. The van der Waals surface area contributed by atoms with E-state index < -0.39 is 0 Å². The van der Waals surface area contributed by atoms with Gasteiger partial charge in [0.15, 0.2) is 0 Å². The van der Waals surface area contributed by atoms with Crippen LogP contribution < -0.4 is 5.32 Å². The van der Waals surface area contributed by atoms with Crippen LogP contribution in [0.1, 0.15) is 40.0 Å². The minimum Gasteiger partial charge on any atom is -0.381 e. The SMILES string of the molecule is CCCC(C)NCC(C)OCC1CCOC1. The van der Waals surface area contributed by atoms with Crippen molar-refractivity contribution >= 4 is 0 Å². The fraction of sp³-hybridized carbons (Fsp3) is 1.00. The van der Waals surface area contributed by atoms with Crippen LogP contribution in [0, 0.1) is 5.92 Å². The van der Waals surface area contributed by atoms with E-state index >= 15 is 0 Å². The van der Waals surface area contributed by atoms with Gasteiger partial charge in [0.1, 0.15) is 0 Å². The molecule has 3 unspecified atom stereocenters. The van der Waals surface area contributed by atoms with Gasteiger partial charge in [-0.15, -0.1) is 0 Å². The van der Waals surface area contributed by atoms with Crippen molar-refractivity contribution < 1.29 is 9.47 Å². The van der Waals surface area contributed by atoms with E-state index in [1.165, 1.54) is 12.8 Å². The van der Waals surface area contributed by atoms with Gasteiger partial charge in [-0.3, -0.25) is 0 Å². The number of rotatable bonds is 8. The van der Waals surface area contributed by atoms with Crippen molar-refractivity contribution in [2.75, 3.05) is 26.4 Å². The van der Waals surface area contributed by atoms with Crippen molar-refractivity contribution in [3.63, 3.8) is 0 Å². The van der Waals surface area contributed by atoms with E-state index in [1.54, 1.807) is 0 Å². The van der Waals surface area contributed by atoms with Crippen molar-refractivity contribution in [3.05, 3.63) is 0 Å². The Hall–Kier alpha value is -0.120. The third kappa shape index (κ3) is 5.83. The van der Waals surface area contributed by atoms with E-state index in [9.17, 15) is 0 Å². The molecule has 0 bridgehead atoms. The molecule has 0 aliphatic carbocycles. The first-order valence-electron chi connectivity index (χ1n) is 6.65. The molecule has 3 atom stereocenters. The molecule has 1 N–H and O–H groups in total. The number of nitrogens with one attached hydrogen (secondary N) is 1. The van der Waals surface area contributed by atoms with Crippen LogP contribution in [0.4, 0.5) is 0 Å². The summed E-state index contributed by atoms with van der Waals surface area (Å²) in [4.78, 5) is 0. The first-order valence-corrected chi connectivity index (χ1v) is 6.65. The summed E-state index contributed by atoms with van der Waals surface area (Å²) in [6.07, 6.45) is 3.94. The quantitative estimate of drug-likeness (QED) is 0.692. The first kappa shape index (κ1) is 13.9. The van der Waals surface area contributed by atoms with Gasteiger partial charge >= 0.3 is 0 Å². The highest BCUT2D eigenvalue weighted by atomic mass is 16.5. The Bertz CT molecular complexity index is 169. The van der Waals surface area contributed by atoms with Crippen molar-refractivity contribution in [1.29, 1.82) is 0 Å². The maximum absolute atomic E-state index is 5.81. The molecule has 1 rings (SSSR count). The van der Waals surface area contributed by atoms with Gasteiger partial charge in [0.2, 0.25) is 0 Å². The maximum atomic E-state index is 5.81. The summed E-state index contributed by atoms with van der Waals surface area (Å²) in [6, 6.07) is 0.603. The summed E-state index contributed by atoms with van der Waals surface area (Å²) in [5, 5.41) is 3.50. The Balaban J connectivity index is 1.99. The Kier molecular flexibility index (Phi) is 7.01. The predicted molar refractivity (Wildman–Crippen MR) is 66.7 cm³/mol. The molecule has 1 fully saturated rings. The Morgan fingerprint density at radius 3 is 2.88 bits per heavy atom. The highest BCUT2D eigenvalue weighted by Crippen LogP contribution is 2.13. The van der Waals surface area contributed by atoms with E-state index in [1.807, 2.05) is 0 Å². The summed E-state index contributed by atoms with van der Waals surface area (Å²) in [7, 11) is 0. The molecule has 3 heteroatoms. The zero-order valence-corrected chi connectivity index (χ0v) is 11.0. The zero-order chi connectivity index (χ0) is 11.8. The molecule has 3 nitrogen and oxygen atoms in total. The standard InChI is InChI=1S/C13H27NO2/c1-4-5-11(2)14-8-12(3)16-10-13-6-7-15-9-13/h11-14H,4-10H2,1-3H3. The van der Waals surface area contributed by atoms with Gasteiger partial charge in [-0.25, -0.2) is 0 Å². The van der Waals surface area contributed by atoms with E-state index in [0.717, 1.165) is 32.8 Å². The minimum atomic E-state index is 0.305. The molecular weight excluding hydrogens is 202 g/mol. The van der Waals surface area contributed by atoms with Gasteiger partial charge in [-0.1, -0.05) is 13.3 Å². The second-order valence-electron chi connectivity index (χ2n) is 4.97. The topological polar surface area (TPSA) is 30.5 Å². The minimum absolute atomic E-state index is 0.305. The number of hydrogen-bond donors (Lipinski definition) is 1. The summed E-state index contributed by atoms with van der Waals surface area (Å²) < 4.78 is 11.1. The Morgan fingerprint density at radius 2 is 2.25 bits per heavy atom. The van der Waals surface area contributed by atoms with Crippen LogP contribution in [0.25, 0.3) is 0 Å². The lowest BCUT2D eigenvalue weighted by Gasteiger charge is -2.19. The van der Waals surface area contributed by atoms with Crippen LogP contribution in [-0.2, 0) is 9.47 Å². The molecule has 96 valence electrons. The molecule has 0 aromatic carbocycles. The van der Waals surface area contributed by atoms with Crippen LogP contribution in [0.2, 0.25) is 0 Å². The largest absolute Gasteiger partial charge is 0.381 e. The van der Waals surface area contributed by atoms with Gasteiger partial charge in [-0.2, -0.15) is 0 Å². The number of ether oxygens (including phenoxy) is 2. The van der Waals surface area contributed by atoms with Crippen molar-refractivity contribution in [2.45, 2.75) is 52.2 Å². The van der Waals surface area contributed by atoms with Crippen molar-refractivity contribution in [2.24, 2.45) is 5.92 Å². The van der Waals surface area contributed by atoms with E-state index in [2.05, 4.69) is 26.1 Å². The first-order chi connectivity index (χ1) is 7.72. The van der Waals surface area contributed by atoms with Crippen molar-refractivity contribution in [3.8, 4) is 0 Å². The normalized spacial score (nSPS) is 24.6. The molecule has 0 spiro atoms. The second-order valence-corrected chi connectivity index (χ2v) is 4.97. The number of hydrogen-bond acceptors (Lipinski definition) is 3. The lowest BCUT2D eigenvalue weighted by molar-refractivity contribution is 0.0356. The molecule has 1 saturated heterocycles. The van der Waals surface area contributed by atoms with Gasteiger partial charge in [-0.05, 0) is 26.7 Å². The van der Waals surface area contributed by atoms with Crippen LogP contribution in [0.5, 0.6) is 0 Å². The van der Waals surface area contributed by atoms with Crippen molar-refractivity contribution in [1.82, 2.24) is 5.32 Å². The molecule has 16 heavy (non-hydrogen) atoms. The fourth-order valence-electron chi connectivity index (χ4n) is 1.98. The van der Waals surface area contributed by atoms with Gasteiger partial charge in [0.25, 0.3) is 0 Å². The molecule has 0 amide bonds. The molecular formula is C13H27NO2. The summed E-state index contributed by atoms with van der Waals surface area (Å²) in [6.45, 7) is 10.2. The van der Waals surface area contributed by atoms with E-state index in [4.69, 9.17) is 9.47 Å². The molecule has 0 saturated carbocycles. The third-order valence-electron chi connectivity index (χ3n) is 3.12. The van der Waals surface area contributed by atoms with Gasteiger partial charge in [0, 0.05) is 25.1 Å². The average molecular weight is 229 g/mol. The van der Waals surface area contributed by atoms with Gasteiger partial charge in [0.05, 0.1) is 19.3 Å². The highest BCUT2D eigenvalue weighted by Gasteiger charge is 2.16. The van der Waals surface area contributed by atoms with Crippen LogP contribution in [-0.4, -0.2) is 38.5 Å². The lowest BCUT2D eigenvalue weighted by Crippen LogP contribution is -2.34. The molecule has 1 aliphatic rings. The Morgan fingerprint density at radius 1 is 1.44 bits per heavy atom. The summed E-state index contributed by atoms with van der Waals surface area (Å²) in [5.74, 6) is 0.621. The second kappa shape index (κ2) is 8.04. The van der Waals surface area contributed by atoms with Gasteiger partial charge < -0.3 is 14.8 Å². The smallest absolute Gasteiger partial charge is 0.0671 e. The average Bonchev–Trinajstić information content (AvgIpc) is 2.77. The summed E-state index contributed by atoms with van der Waals surface area (Å²) >= 11 is 0. The zero-order valence-electron chi connectivity index (χ0n) is 11.0. The molecule has 0 aromatic heterocycles. The van der Waals surface area contributed by atoms with Crippen LogP contribution >= 0.6 is 0 Å². The fourth-order valence-corrected chi connectivity index (χ4v) is 1.98. The third-order valence-corrected chi connectivity index (χ3v) is 3.12. The molecule has 0 radical (unpaired) electrons. The maximum Gasteiger partial charge on any atom is 0.0671 e. The molecule has 1 aliphatic heterocycles. The lowest BCUT2D eigenvalue weighted by atomic mass is 10.1. The Labute approximate surface area is 99.9 Å². The summed E-state index contributed by atoms with van der Waals surface area (Å²) in [5.41, 5.74) is 0. The highest BCUT2D eigenvalue weighted by molar-refractivity contribution is 4.66. The molecule has 0 aromatic rings. The van der Waals surface area contributed by atoms with E-state index in [0.29, 0.717) is 18.1 Å².